The highest BCUT2D eigenvalue weighted by molar-refractivity contribution is 5.13. The van der Waals surface area contributed by atoms with Gasteiger partial charge in [0.1, 0.15) is 12.2 Å². The molecule has 4 nitrogen and oxygen atoms in total. The summed E-state index contributed by atoms with van der Waals surface area (Å²) in [5.41, 5.74) is 0.974. The molecule has 2 rings (SSSR count). The highest BCUT2D eigenvalue weighted by atomic mass is 19.1. The zero-order valence-electron chi connectivity index (χ0n) is 9.20. The number of hydrogen-bond donors (Lipinski definition) is 2. The van der Waals surface area contributed by atoms with Crippen LogP contribution in [0.15, 0.2) is 30.3 Å². The molecule has 2 N–H and O–H groups in total. The predicted octanol–water partition coefficient (Wildman–Crippen LogP) is 0.619. The average molecular weight is 242 g/mol. The molecule has 1 heterocycles. The van der Waals surface area contributed by atoms with E-state index in [9.17, 15) is 4.39 Å². The second kappa shape index (κ2) is 5.55. The first-order valence-corrected chi connectivity index (χ1v) is 5.46. The van der Waals surface area contributed by atoms with E-state index in [1.807, 2.05) is 30.3 Å². The maximum absolute atomic E-state index is 13.3. The Morgan fingerprint density at radius 2 is 1.94 bits per heavy atom. The fraction of sp³-hybridized carbons (Fsp3) is 0.500. The summed E-state index contributed by atoms with van der Waals surface area (Å²) in [6.07, 6.45) is -5.47. The summed E-state index contributed by atoms with van der Waals surface area (Å²) >= 11 is 0. The van der Waals surface area contributed by atoms with E-state index in [0.29, 0.717) is 6.61 Å². The van der Waals surface area contributed by atoms with Crippen molar-refractivity contribution in [2.75, 3.05) is 6.61 Å². The minimum absolute atomic E-state index is 0.00415. The van der Waals surface area contributed by atoms with E-state index >= 15 is 0 Å². The van der Waals surface area contributed by atoms with Crippen LogP contribution in [-0.2, 0) is 16.1 Å². The SMILES string of the molecule is O[C@H]1[C@@H](F)[C@@H](COCc2ccccc2)O[C@H]1O. The third-order valence-corrected chi connectivity index (χ3v) is 2.68. The highest BCUT2D eigenvalue weighted by Crippen LogP contribution is 2.22. The summed E-state index contributed by atoms with van der Waals surface area (Å²) in [4.78, 5) is 0. The van der Waals surface area contributed by atoms with Gasteiger partial charge in [-0.2, -0.15) is 0 Å². The molecule has 17 heavy (non-hydrogen) atoms. The average Bonchev–Trinajstić information content (AvgIpc) is 2.59. The van der Waals surface area contributed by atoms with E-state index < -0.39 is 24.7 Å². The Labute approximate surface area is 98.6 Å². The number of benzene rings is 1. The Morgan fingerprint density at radius 3 is 2.53 bits per heavy atom. The summed E-state index contributed by atoms with van der Waals surface area (Å²) in [5, 5.41) is 18.2. The second-order valence-electron chi connectivity index (χ2n) is 4.00. The zero-order chi connectivity index (χ0) is 12.3. The van der Waals surface area contributed by atoms with Crippen molar-refractivity contribution in [2.45, 2.75) is 31.3 Å². The molecule has 1 aromatic carbocycles. The summed E-state index contributed by atoms with van der Waals surface area (Å²) < 4.78 is 23.5. The van der Waals surface area contributed by atoms with Crippen molar-refractivity contribution in [1.82, 2.24) is 0 Å². The molecule has 94 valence electrons. The Morgan fingerprint density at radius 1 is 1.24 bits per heavy atom. The molecule has 1 aliphatic rings. The van der Waals surface area contributed by atoms with Gasteiger partial charge in [-0.15, -0.1) is 0 Å². The Hall–Kier alpha value is -1.01. The Balaban J connectivity index is 1.76. The van der Waals surface area contributed by atoms with Crippen LogP contribution in [0.25, 0.3) is 0 Å². The van der Waals surface area contributed by atoms with Crippen LogP contribution in [0.3, 0.4) is 0 Å². The van der Waals surface area contributed by atoms with Crippen LogP contribution in [0.5, 0.6) is 0 Å². The van der Waals surface area contributed by atoms with Crippen LogP contribution in [0.2, 0.25) is 0 Å². The number of ether oxygens (including phenoxy) is 2. The van der Waals surface area contributed by atoms with Crippen molar-refractivity contribution >= 4 is 0 Å². The second-order valence-corrected chi connectivity index (χ2v) is 4.00. The van der Waals surface area contributed by atoms with E-state index in [1.54, 1.807) is 0 Å². The number of hydrogen-bond acceptors (Lipinski definition) is 4. The maximum atomic E-state index is 13.3. The maximum Gasteiger partial charge on any atom is 0.184 e. The predicted molar refractivity (Wildman–Crippen MR) is 57.9 cm³/mol. The minimum atomic E-state index is -1.61. The molecule has 0 radical (unpaired) electrons. The molecule has 0 amide bonds. The monoisotopic (exact) mass is 242 g/mol. The number of aliphatic hydroxyl groups excluding tert-OH is 2. The quantitative estimate of drug-likeness (QED) is 0.812. The lowest BCUT2D eigenvalue weighted by atomic mass is 10.2. The molecule has 1 fully saturated rings. The summed E-state index contributed by atoms with van der Waals surface area (Å²) in [6, 6.07) is 9.46. The van der Waals surface area contributed by atoms with E-state index in [2.05, 4.69) is 0 Å². The normalized spacial score (nSPS) is 32.9. The van der Waals surface area contributed by atoms with Crippen molar-refractivity contribution in [2.24, 2.45) is 0 Å². The number of rotatable bonds is 4. The molecule has 0 aromatic heterocycles. The van der Waals surface area contributed by atoms with Gasteiger partial charge in [0.15, 0.2) is 12.5 Å². The molecule has 5 heteroatoms. The summed E-state index contributed by atoms with van der Waals surface area (Å²) in [6.45, 7) is 0.351. The Bertz CT molecular complexity index is 346. The van der Waals surface area contributed by atoms with Gasteiger partial charge in [0.05, 0.1) is 13.2 Å². The third kappa shape index (κ3) is 3.01. The molecular formula is C12H15FO4. The van der Waals surface area contributed by atoms with Crippen molar-refractivity contribution < 1.29 is 24.1 Å². The lowest BCUT2D eigenvalue weighted by Crippen LogP contribution is -2.30. The summed E-state index contributed by atoms with van der Waals surface area (Å²) in [5.74, 6) is 0. The zero-order valence-corrected chi connectivity index (χ0v) is 9.20. The molecule has 1 aliphatic heterocycles. The molecule has 4 atom stereocenters. The van der Waals surface area contributed by atoms with Crippen molar-refractivity contribution in [1.29, 1.82) is 0 Å². The van der Waals surface area contributed by atoms with Crippen LogP contribution in [0.1, 0.15) is 5.56 Å². The van der Waals surface area contributed by atoms with Crippen molar-refractivity contribution in [3.8, 4) is 0 Å². The highest BCUT2D eigenvalue weighted by Gasteiger charge is 2.43. The van der Waals surface area contributed by atoms with Crippen LogP contribution in [0, 0.1) is 0 Å². The fourth-order valence-electron chi connectivity index (χ4n) is 1.71. The first kappa shape index (κ1) is 12.4. The van der Waals surface area contributed by atoms with Gasteiger partial charge in [-0.3, -0.25) is 0 Å². The lowest BCUT2D eigenvalue weighted by molar-refractivity contribution is -0.137. The van der Waals surface area contributed by atoms with E-state index in [1.165, 1.54) is 0 Å². The van der Waals surface area contributed by atoms with Gasteiger partial charge in [-0.1, -0.05) is 30.3 Å². The van der Waals surface area contributed by atoms with E-state index in [0.717, 1.165) is 5.56 Å². The van der Waals surface area contributed by atoms with Gasteiger partial charge in [-0.25, -0.2) is 4.39 Å². The van der Waals surface area contributed by atoms with Crippen LogP contribution < -0.4 is 0 Å². The van der Waals surface area contributed by atoms with E-state index in [-0.39, 0.29) is 6.61 Å². The molecular weight excluding hydrogens is 227 g/mol. The van der Waals surface area contributed by atoms with Gasteiger partial charge < -0.3 is 19.7 Å². The molecule has 0 unspecified atom stereocenters. The molecule has 1 saturated heterocycles. The van der Waals surface area contributed by atoms with Gasteiger partial charge in [-0.05, 0) is 5.56 Å². The van der Waals surface area contributed by atoms with Gasteiger partial charge in [0.25, 0.3) is 0 Å². The van der Waals surface area contributed by atoms with Crippen LogP contribution in [-0.4, -0.2) is 41.5 Å². The van der Waals surface area contributed by atoms with Crippen LogP contribution in [0.4, 0.5) is 4.39 Å². The number of aliphatic hydroxyl groups is 2. The first-order valence-electron chi connectivity index (χ1n) is 5.46. The summed E-state index contributed by atoms with van der Waals surface area (Å²) in [7, 11) is 0. The third-order valence-electron chi connectivity index (χ3n) is 2.68. The standard InChI is InChI=1S/C12H15FO4/c13-10-9(17-12(15)11(10)14)7-16-6-8-4-2-1-3-5-8/h1-5,9-12,14-15H,6-7H2/t9-,10+,11+,12-/m1/s1. The molecule has 0 spiro atoms. The smallest absolute Gasteiger partial charge is 0.184 e. The van der Waals surface area contributed by atoms with Gasteiger partial charge in [0.2, 0.25) is 0 Å². The molecule has 0 saturated carbocycles. The van der Waals surface area contributed by atoms with E-state index in [4.69, 9.17) is 19.7 Å². The minimum Gasteiger partial charge on any atom is -0.385 e. The fourth-order valence-corrected chi connectivity index (χ4v) is 1.71. The van der Waals surface area contributed by atoms with Crippen molar-refractivity contribution in [3.63, 3.8) is 0 Å². The largest absolute Gasteiger partial charge is 0.385 e. The number of alkyl halides is 1. The van der Waals surface area contributed by atoms with Gasteiger partial charge in [0, 0.05) is 0 Å². The van der Waals surface area contributed by atoms with Gasteiger partial charge >= 0.3 is 0 Å². The molecule has 1 aromatic rings. The first-order chi connectivity index (χ1) is 8.18. The molecule has 0 bridgehead atoms. The molecule has 0 aliphatic carbocycles. The lowest BCUT2D eigenvalue weighted by Gasteiger charge is -2.12. The van der Waals surface area contributed by atoms with Crippen molar-refractivity contribution in [3.05, 3.63) is 35.9 Å². The Kier molecular flexibility index (Phi) is 4.06. The topological polar surface area (TPSA) is 58.9 Å². The number of halogens is 1. The van der Waals surface area contributed by atoms with Crippen LogP contribution >= 0.6 is 0 Å².